The van der Waals surface area contributed by atoms with E-state index in [2.05, 4.69) is 28.7 Å². The van der Waals surface area contributed by atoms with Gasteiger partial charge in [-0.05, 0) is 55.6 Å². The zero-order valence-electron chi connectivity index (χ0n) is 8.56. The van der Waals surface area contributed by atoms with Crippen LogP contribution < -0.4 is 0 Å². The van der Waals surface area contributed by atoms with Crippen molar-refractivity contribution in [3.05, 3.63) is 22.8 Å². The molecule has 0 nitrogen and oxygen atoms in total. The number of alkyl halides is 1. The van der Waals surface area contributed by atoms with Crippen LogP contribution in [0.25, 0.3) is 0 Å². The number of hydrogen-bond acceptors (Lipinski definition) is 0. The van der Waals surface area contributed by atoms with Gasteiger partial charge in [-0.1, -0.05) is 40.7 Å². The number of fused-ring (bicyclic) bond motifs is 2. The first-order valence-corrected chi connectivity index (χ1v) is 7.19. The normalized spacial score (nSPS) is 36.5. The second-order valence-electron chi connectivity index (χ2n) is 4.81. The SMILES string of the molecule is IC1C2=CCCCC2=C2CCCCC21. The Labute approximate surface area is 100.0 Å². The van der Waals surface area contributed by atoms with Crippen molar-refractivity contribution in [2.45, 2.75) is 48.9 Å². The Morgan fingerprint density at radius 1 is 1.14 bits per heavy atom. The molecule has 0 aliphatic heterocycles. The zero-order chi connectivity index (χ0) is 9.54. The molecule has 1 heteroatoms. The fourth-order valence-corrected chi connectivity index (χ4v) is 4.81. The molecule has 0 amide bonds. The molecule has 1 fully saturated rings. The van der Waals surface area contributed by atoms with Gasteiger partial charge in [-0.3, -0.25) is 0 Å². The summed E-state index contributed by atoms with van der Waals surface area (Å²) >= 11 is 2.69. The summed E-state index contributed by atoms with van der Waals surface area (Å²) in [6.07, 6.45) is 12.4. The van der Waals surface area contributed by atoms with E-state index in [1.807, 2.05) is 5.57 Å². The van der Waals surface area contributed by atoms with Gasteiger partial charge in [-0.25, -0.2) is 0 Å². The summed E-state index contributed by atoms with van der Waals surface area (Å²) in [4.78, 5) is 0. The number of hydrogen-bond donors (Lipinski definition) is 0. The van der Waals surface area contributed by atoms with Crippen LogP contribution in [0.4, 0.5) is 0 Å². The van der Waals surface area contributed by atoms with Crippen molar-refractivity contribution in [3.63, 3.8) is 0 Å². The third-order valence-corrected chi connectivity index (χ3v) is 5.58. The van der Waals surface area contributed by atoms with E-state index in [4.69, 9.17) is 0 Å². The first-order valence-electron chi connectivity index (χ1n) is 5.94. The van der Waals surface area contributed by atoms with Gasteiger partial charge in [0.25, 0.3) is 0 Å². The van der Waals surface area contributed by atoms with Gasteiger partial charge in [0.1, 0.15) is 0 Å². The minimum atomic E-state index is 0.832. The average molecular weight is 300 g/mol. The van der Waals surface area contributed by atoms with E-state index in [9.17, 15) is 0 Å². The van der Waals surface area contributed by atoms with Crippen LogP contribution in [-0.4, -0.2) is 3.92 Å². The summed E-state index contributed by atoms with van der Waals surface area (Å²) in [6, 6.07) is 0. The van der Waals surface area contributed by atoms with Gasteiger partial charge in [0.15, 0.2) is 0 Å². The van der Waals surface area contributed by atoms with Gasteiger partial charge < -0.3 is 0 Å². The van der Waals surface area contributed by atoms with Crippen LogP contribution in [0.15, 0.2) is 22.8 Å². The molecule has 14 heavy (non-hydrogen) atoms. The molecule has 76 valence electrons. The Bertz CT molecular complexity index is 311. The first-order chi connectivity index (χ1) is 6.88. The molecule has 0 heterocycles. The monoisotopic (exact) mass is 300 g/mol. The van der Waals surface area contributed by atoms with E-state index >= 15 is 0 Å². The maximum absolute atomic E-state index is 2.69. The fraction of sp³-hybridized carbons (Fsp3) is 0.692. The van der Waals surface area contributed by atoms with Crippen molar-refractivity contribution in [1.29, 1.82) is 0 Å². The molecule has 0 bridgehead atoms. The largest absolute Gasteiger partial charge is 0.0799 e. The van der Waals surface area contributed by atoms with Crippen molar-refractivity contribution < 1.29 is 0 Å². The van der Waals surface area contributed by atoms with E-state index in [-0.39, 0.29) is 0 Å². The van der Waals surface area contributed by atoms with E-state index in [1.54, 1.807) is 11.1 Å². The molecule has 3 rings (SSSR count). The molecule has 3 aliphatic carbocycles. The maximum Gasteiger partial charge on any atom is 0.0424 e. The van der Waals surface area contributed by atoms with Crippen molar-refractivity contribution >= 4 is 22.6 Å². The molecular formula is C13H17I. The summed E-state index contributed by atoms with van der Waals surface area (Å²) in [6.45, 7) is 0. The second kappa shape index (κ2) is 3.66. The molecule has 0 N–H and O–H groups in total. The lowest BCUT2D eigenvalue weighted by atomic mass is 9.85. The summed E-state index contributed by atoms with van der Waals surface area (Å²) in [5.41, 5.74) is 5.39. The Kier molecular flexibility index (Phi) is 2.46. The van der Waals surface area contributed by atoms with Crippen molar-refractivity contribution in [3.8, 4) is 0 Å². The van der Waals surface area contributed by atoms with Gasteiger partial charge >= 0.3 is 0 Å². The lowest BCUT2D eigenvalue weighted by molar-refractivity contribution is 0.480. The number of allylic oxidation sites excluding steroid dienone is 4. The van der Waals surface area contributed by atoms with Crippen LogP contribution in [0, 0.1) is 5.92 Å². The predicted molar refractivity (Wildman–Crippen MR) is 68.7 cm³/mol. The van der Waals surface area contributed by atoms with Crippen LogP contribution in [0.5, 0.6) is 0 Å². The lowest BCUT2D eigenvalue weighted by Gasteiger charge is -2.23. The maximum atomic E-state index is 2.69. The van der Waals surface area contributed by atoms with E-state index in [0.717, 1.165) is 9.84 Å². The molecular weight excluding hydrogens is 283 g/mol. The van der Waals surface area contributed by atoms with Crippen LogP contribution >= 0.6 is 22.6 Å². The van der Waals surface area contributed by atoms with Crippen molar-refractivity contribution in [1.82, 2.24) is 0 Å². The zero-order valence-corrected chi connectivity index (χ0v) is 10.7. The van der Waals surface area contributed by atoms with E-state index in [1.165, 1.54) is 44.9 Å². The molecule has 3 aliphatic rings. The molecule has 1 saturated carbocycles. The summed E-state index contributed by atoms with van der Waals surface area (Å²) < 4.78 is 0.832. The van der Waals surface area contributed by atoms with Crippen molar-refractivity contribution in [2.24, 2.45) is 5.92 Å². The average Bonchev–Trinajstić information content (AvgIpc) is 2.55. The Morgan fingerprint density at radius 2 is 2.07 bits per heavy atom. The molecule has 0 aromatic rings. The van der Waals surface area contributed by atoms with Gasteiger partial charge in [0.2, 0.25) is 0 Å². The fourth-order valence-electron chi connectivity index (χ4n) is 3.38. The minimum Gasteiger partial charge on any atom is -0.0799 e. The van der Waals surface area contributed by atoms with Crippen LogP contribution in [0.1, 0.15) is 44.9 Å². The quantitative estimate of drug-likeness (QED) is 0.459. The van der Waals surface area contributed by atoms with Crippen LogP contribution in [0.2, 0.25) is 0 Å². The van der Waals surface area contributed by atoms with E-state index in [0.29, 0.717) is 0 Å². The van der Waals surface area contributed by atoms with Gasteiger partial charge in [0, 0.05) is 3.92 Å². The van der Waals surface area contributed by atoms with Crippen LogP contribution in [-0.2, 0) is 0 Å². The summed E-state index contributed by atoms with van der Waals surface area (Å²) in [7, 11) is 0. The highest BCUT2D eigenvalue weighted by molar-refractivity contribution is 14.1. The highest BCUT2D eigenvalue weighted by Crippen LogP contribution is 2.50. The summed E-state index contributed by atoms with van der Waals surface area (Å²) in [5, 5.41) is 0. The smallest absolute Gasteiger partial charge is 0.0424 e. The summed E-state index contributed by atoms with van der Waals surface area (Å²) in [5.74, 6) is 0.934. The van der Waals surface area contributed by atoms with Gasteiger partial charge in [-0.2, -0.15) is 0 Å². The number of halogens is 1. The molecule has 0 radical (unpaired) electrons. The Morgan fingerprint density at radius 3 is 3.00 bits per heavy atom. The molecule has 2 unspecified atom stereocenters. The molecule has 0 aromatic heterocycles. The highest BCUT2D eigenvalue weighted by Gasteiger charge is 2.38. The Balaban J connectivity index is 2.03. The molecule has 0 saturated heterocycles. The van der Waals surface area contributed by atoms with Crippen LogP contribution in [0.3, 0.4) is 0 Å². The molecule has 0 aromatic carbocycles. The third kappa shape index (κ3) is 1.31. The lowest BCUT2D eigenvalue weighted by Crippen LogP contribution is -2.15. The third-order valence-electron chi connectivity index (χ3n) is 4.04. The molecule has 2 atom stereocenters. The van der Waals surface area contributed by atoms with Gasteiger partial charge in [0.05, 0.1) is 0 Å². The second-order valence-corrected chi connectivity index (χ2v) is 6.15. The molecule has 0 spiro atoms. The number of rotatable bonds is 0. The predicted octanol–water partition coefficient (Wildman–Crippen LogP) is 4.40. The minimum absolute atomic E-state index is 0.832. The van der Waals surface area contributed by atoms with E-state index < -0.39 is 0 Å². The highest BCUT2D eigenvalue weighted by atomic mass is 127. The van der Waals surface area contributed by atoms with Gasteiger partial charge in [-0.15, -0.1) is 0 Å². The topological polar surface area (TPSA) is 0 Å². The Hall–Kier alpha value is 0.210. The first kappa shape index (κ1) is 9.44. The van der Waals surface area contributed by atoms with Crippen molar-refractivity contribution in [2.75, 3.05) is 0 Å². The standard InChI is InChI=1S/C13H17I/c14-13-11-7-3-1-5-9(11)10-6-2-4-8-12(10)13/h7,12-13H,1-6,8H2.